The Bertz CT molecular complexity index is 828. The predicted molar refractivity (Wildman–Crippen MR) is 119 cm³/mol. The molecule has 2 aliphatic rings. The van der Waals surface area contributed by atoms with Gasteiger partial charge in [0, 0.05) is 37.5 Å². The van der Waals surface area contributed by atoms with Crippen LogP contribution in [0.5, 0.6) is 5.75 Å². The molecule has 4 rings (SSSR count). The molecule has 6 nitrogen and oxygen atoms in total. The topological polar surface area (TPSA) is 61.8 Å². The smallest absolute Gasteiger partial charge is 0.191 e. The molecule has 0 aliphatic carbocycles. The maximum atomic E-state index is 5.77. The number of piperidine rings is 1. The number of nitrogens with zero attached hydrogens (tertiary/aromatic N) is 3. The maximum absolute atomic E-state index is 5.77. The van der Waals surface area contributed by atoms with Crippen LogP contribution in [0.15, 0.2) is 34.6 Å². The maximum Gasteiger partial charge on any atom is 0.191 e. The molecule has 3 heterocycles. The van der Waals surface area contributed by atoms with Gasteiger partial charge in [0.2, 0.25) is 0 Å². The molecule has 2 aromatic rings. The molecule has 7 heteroatoms. The number of aliphatic imine (C=N–C) groups is 1. The van der Waals surface area contributed by atoms with Gasteiger partial charge in [0.15, 0.2) is 5.96 Å². The second-order valence-corrected chi connectivity index (χ2v) is 8.96. The van der Waals surface area contributed by atoms with Gasteiger partial charge in [0.05, 0.1) is 23.4 Å². The van der Waals surface area contributed by atoms with Crippen molar-refractivity contribution in [3.63, 3.8) is 0 Å². The monoisotopic (exact) mass is 413 g/mol. The van der Waals surface area contributed by atoms with Gasteiger partial charge >= 0.3 is 0 Å². The SMILES string of the molecule is CN=C(NCC1CCN(Cc2csc(C)n2)CC1)NC1CCOc2ccccc21. The lowest BCUT2D eigenvalue weighted by Gasteiger charge is -2.32. The fraction of sp³-hybridized carbons (Fsp3) is 0.545. The molecule has 0 amide bonds. The van der Waals surface area contributed by atoms with Crippen molar-refractivity contribution in [3.05, 3.63) is 45.9 Å². The minimum absolute atomic E-state index is 0.245. The van der Waals surface area contributed by atoms with Crippen molar-refractivity contribution in [3.8, 4) is 5.75 Å². The average molecular weight is 414 g/mol. The first-order chi connectivity index (χ1) is 14.2. The zero-order valence-corrected chi connectivity index (χ0v) is 18.2. The number of aromatic nitrogens is 1. The van der Waals surface area contributed by atoms with Crippen LogP contribution in [-0.4, -0.2) is 49.1 Å². The third-order valence-electron chi connectivity index (χ3n) is 5.81. The summed E-state index contributed by atoms with van der Waals surface area (Å²) >= 11 is 1.74. The van der Waals surface area contributed by atoms with E-state index in [0.717, 1.165) is 55.9 Å². The summed E-state index contributed by atoms with van der Waals surface area (Å²) < 4.78 is 5.77. The van der Waals surface area contributed by atoms with Crippen LogP contribution in [0.3, 0.4) is 0 Å². The van der Waals surface area contributed by atoms with Crippen molar-refractivity contribution >= 4 is 17.3 Å². The number of guanidine groups is 1. The van der Waals surface area contributed by atoms with Gasteiger partial charge in [-0.05, 0) is 44.8 Å². The van der Waals surface area contributed by atoms with E-state index in [1.165, 1.54) is 24.1 Å². The van der Waals surface area contributed by atoms with E-state index in [1.54, 1.807) is 11.3 Å². The third kappa shape index (κ3) is 5.28. The van der Waals surface area contributed by atoms with Gasteiger partial charge in [-0.25, -0.2) is 4.98 Å². The summed E-state index contributed by atoms with van der Waals surface area (Å²) in [5.74, 6) is 2.55. The Labute approximate surface area is 177 Å². The minimum atomic E-state index is 0.245. The summed E-state index contributed by atoms with van der Waals surface area (Å²) in [6.45, 7) is 7.05. The number of nitrogens with one attached hydrogen (secondary N) is 2. The van der Waals surface area contributed by atoms with E-state index in [2.05, 4.69) is 49.9 Å². The number of ether oxygens (including phenoxy) is 1. The van der Waals surface area contributed by atoms with Gasteiger partial charge < -0.3 is 15.4 Å². The van der Waals surface area contributed by atoms with Crippen LogP contribution in [-0.2, 0) is 6.54 Å². The van der Waals surface area contributed by atoms with Crippen LogP contribution in [0.25, 0.3) is 0 Å². The Balaban J connectivity index is 1.23. The second-order valence-electron chi connectivity index (χ2n) is 7.90. The van der Waals surface area contributed by atoms with E-state index in [-0.39, 0.29) is 6.04 Å². The lowest BCUT2D eigenvalue weighted by molar-refractivity contribution is 0.176. The van der Waals surface area contributed by atoms with Gasteiger partial charge in [-0.15, -0.1) is 11.3 Å². The lowest BCUT2D eigenvalue weighted by Crippen LogP contribution is -2.44. The number of hydrogen-bond donors (Lipinski definition) is 2. The molecule has 1 atom stereocenters. The molecular weight excluding hydrogens is 382 g/mol. The normalized spacial score (nSPS) is 20.8. The van der Waals surface area contributed by atoms with E-state index in [1.807, 2.05) is 19.2 Å². The molecule has 1 aromatic heterocycles. The van der Waals surface area contributed by atoms with E-state index >= 15 is 0 Å². The number of hydrogen-bond acceptors (Lipinski definition) is 5. The first kappa shape index (κ1) is 20.2. The molecule has 0 bridgehead atoms. The predicted octanol–water partition coefficient (Wildman–Crippen LogP) is 3.35. The fourth-order valence-electron chi connectivity index (χ4n) is 4.15. The molecule has 1 saturated heterocycles. The summed E-state index contributed by atoms with van der Waals surface area (Å²) in [5.41, 5.74) is 2.43. The number of fused-ring (bicyclic) bond motifs is 1. The van der Waals surface area contributed by atoms with Crippen molar-refractivity contribution in [1.29, 1.82) is 0 Å². The van der Waals surface area contributed by atoms with Crippen LogP contribution in [0.2, 0.25) is 0 Å². The van der Waals surface area contributed by atoms with Crippen LogP contribution in [0.4, 0.5) is 0 Å². The highest BCUT2D eigenvalue weighted by atomic mass is 32.1. The zero-order valence-electron chi connectivity index (χ0n) is 17.4. The molecule has 1 aromatic carbocycles. The Hall–Kier alpha value is -2.12. The molecule has 0 saturated carbocycles. The van der Waals surface area contributed by atoms with Crippen LogP contribution >= 0.6 is 11.3 Å². The largest absolute Gasteiger partial charge is 0.493 e. The van der Waals surface area contributed by atoms with Gasteiger partial charge in [0.25, 0.3) is 0 Å². The van der Waals surface area contributed by atoms with Crippen LogP contribution in [0.1, 0.15) is 41.6 Å². The van der Waals surface area contributed by atoms with Crippen molar-refractivity contribution in [2.45, 2.75) is 38.8 Å². The van der Waals surface area contributed by atoms with Crippen LogP contribution in [0, 0.1) is 12.8 Å². The zero-order chi connectivity index (χ0) is 20.1. The molecule has 2 aliphatic heterocycles. The van der Waals surface area contributed by atoms with E-state index in [4.69, 9.17) is 4.74 Å². The minimum Gasteiger partial charge on any atom is -0.493 e. The Morgan fingerprint density at radius 2 is 2.10 bits per heavy atom. The summed E-state index contributed by atoms with van der Waals surface area (Å²) in [5, 5.41) is 10.5. The van der Waals surface area contributed by atoms with E-state index in [9.17, 15) is 0 Å². The Kier molecular flexibility index (Phi) is 6.67. The third-order valence-corrected chi connectivity index (χ3v) is 6.63. The number of para-hydroxylation sites is 1. The second kappa shape index (κ2) is 9.59. The summed E-state index contributed by atoms with van der Waals surface area (Å²) in [4.78, 5) is 11.6. The van der Waals surface area contributed by atoms with Gasteiger partial charge in [0.1, 0.15) is 5.75 Å². The molecule has 2 N–H and O–H groups in total. The first-order valence-corrected chi connectivity index (χ1v) is 11.4. The quantitative estimate of drug-likeness (QED) is 0.581. The standard InChI is InChI=1S/C22H31N5OS/c1-16-25-18(15-29-16)14-27-10-7-17(8-11-27)13-24-22(23-2)26-20-9-12-28-21-6-4-3-5-19(20)21/h3-6,15,17,20H,7-14H2,1-2H3,(H2,23,24,26). The van der Waals surface area contributed by atoms with Crippen molar-refractivity contribution < 1.29 is 4.74 Å². The number of rotatable bonds is 5. The molecule has 156 valence electrons. The van der Waals surface area contributed by atoms with Crippen molar-refractivity contribution in [2.24, 2.45) is 10.9 Å². The van der Waals surface area contributed by atoms with E-state index in [0.29, 0.717) is 5.92 Å². The highest BCUT2D eigenvalue weighted by molar-refractivity contribution is 7.09. The van der Waals surface area contributed by atoms with Crippen LogP contribution < -0.4 is 15.4 Å². The lowest BCUT2D eigenvalue weighted by atomic mass is 9.96. The Morgan fingerprint density at radius 1 is 1.28 bits per heavy atom. The molecule has 29 heavy (non-hydrogen) atoms. The number of benzene rings is 1. The van der Waals surface area contributed by atoms with Crippen molar-refractivity contribution in [2.75, 3.05) is 33.3 Å². The fourth-order valence-corrected chi connectivity index (χ4v) is 4.76. The number of aryl methyl sites for hydroxylation is 1. The number of thiazole rings is 1. The summed E-state index contributed by atoms with van der Waals surface area (Å²) in [6.07, 6.45) is 3.38. The molecular formula is C22H31N5OS. The highest BCUT2D eigenvalue weighted by Gasteiger charge is 2.23. The molecule has 1 unspecified atom stereocenters. The summed E-state index contributed by atoms with van der Waals surface area (Å²) in [6, 6.07) is 8.52. The first-order valence-electron chi connectivity index (χ1n) is 10.5. The van der Waals surface area contributed by atoms with Gasteiger partial charge in [-0.1, -0.05) is 18.2 Å². The van der Waals surface area contributed by atoms with E-state index < -0.39 is 0 Å². The van der Waals surface area contributed by atoms with Gasteiger partial charge in [-0.3, -0.25) is 9.89 Å². The molecule has 0 radical (unpaired) electrons. The summed E-state index contributed by atoms with van der Waals surface area (Å²) in [7, 11) is 1.85. The Morgan fingerprint density at radius 3 is 2.86 bits per heavy atom. The van der Waals surface area contributed by atoms with Gasteiger partial charge in [-0.2, -0.15) is 0 Å². The number of likely N-dealkylation sites (tertiary alicyclic amines) is 1. The molecule has 0 spiro atoms. The highest BCUT2D eigenvalue weighted by Crippen LogP contribution is 2.31. The molecule has 1 fully saturated rings. The average Bonchev–Trinajstić information content (AvgIpc) is 3.16. The van der Waals surface area contributed by atoms with Crippen molar-refractivity contribution in [1.82, 2.24) is 20.5 Å².